The first-order valence-electron chi connectivity index (χ1n) is 7.82. The minimum atomic E-state index is -0.0312. The van der Waals surface area contributed by atoms with E-state index in [1.165, 1.54) is 0 Å². The monoisotopic (exact) mass is 305 g/mol. The molecular weight excluding hydrogens is 282 g/mol. The van der Waals surface area contributed by atoms with Crippen molar-refractivity contribution in [3.63, 3.8) is 0 Å². The molecule has 1 N–H and O–H groups in total. The number of rotatable bonds is 2. The van der Waals surface area contributed by atoms with Gasteiger partial charge in [-0.2, -0.15) is 0 Å². The number of nitrogens with one attached hydrogen (secondary N) is 1. The van der Waals surface area contributed by atoms with E-state index in [0.29, 0.717) is 5.92 Å². The summed E-state index contributed by atoms with van der Waals surface area (Å²) in [7, 11) is 0. The van der Waals surface area contributed by atoms with E-state index in [-0.39, 0.29) is 22.1 Å². The third-order valence-electron chi connectivity index (χ3n) is 6.03. The summed E-state index contributed by atoms with van der Waals surface area (Å²) >= 11 is 6.77. The van der Waals surface area contributed by atoms with Gasteiger partial charge in [-0.15, -0.1) is 11.6 Å². The van der Waals surface area contributed by atoms with Crippen molar-refractivity contribution in [2.24, 2.45) is 16.7 Å². The molecule has 0 radical (unpaired) electrons. The van der Waals surface area contributed by atoms with E-state index in [2.05, 4.69) is 45.1 Å². The second-order valence-electron chi connectivity index (χ2n) is 7.60. The van der Waals surface area contributed by atoms with Crippen LogP contribution in [0.5, 0.6) is 0 Å². The second kappa shape index (κ2) is 4.74. The molecule has 2 aliphatic rings. The number of aryl methyl sites for hydroxylation is 1. The summed E-state index contributed by atoms with van der Waals surface area (Å²) in [5.74, 6) is 0.487. The Bertz CT molecular complexity index is 577. The zero-order chi connectivity index (χ0) is 15.4. The van der Waals surface area contributed by atoms with Crippen molar-refractivity contribution < 1.29 is 4.79 Å². The number of hydrogen-bond acceptors (Lipinski definition) is 1. The van der Waals surface area contributed by atoms with Gasteiger partial charge in [-0.05, 0) is 46.8 Å². The molecular formula is C18H24ClNO. The molecule has 21 heavy (non-hydrogen) atoms. The van der Waals surface area contributed by atoms with Crippen molar-refractivity contribution in [3.05, 3.63) is 34.9 Å². The lowest BCUT2D eigenvalue weighted by atomic mass is 9.96. The minimum Gasteiger partial charge on any atom is -0.352 e. The van der Waals surface area contributed by atoms with E-state index in [0.717, 1.165) is 36.1 Å². The lowest BCUT2D eigenvalue weighted by molar-refractivity contribution is 0.0956. The largest absolute Gasteiger partial charge is 0.352 e. The summed E-state index contributed by atoms with van der Waals surface area (Å²) in [4.78, 5) is 12.2. The fourth-order valence-electron chi connectivity index (χ4n) is 3.94. The summed E-state index contributed by atoms with van der Waals surface area (Å²) in [5.41, 5.74) is 3.53. The van der Waals surface area contributed by atoms with E-state index in [4.69, 9.17) is 11.6 Å². The minimum absolute atomic E-state index is 0.0312. The second-order valence-corrected chi connectivity index (χ2v) is 8.07. The molecule has 114 valence electrons. The van der Waals surface area contributed by atoms with Gasteiger partial charge in [0.2, 0.25) is 0 Å². The topological polar surface area (TPSA) is 29.1 Å². The highest BCUT2D eigenvalue weighted by molar-refractivity contribution is 6.21. The normalized spacial score (nSPS) is 24.7. The van der Waals surface area contributed by atoms with E-state index >= 15 is 0 Å². The van der Waals surface area contributed by atoms with Crippen LogP contribution in [0.15, 0.2) is 18.2 Å². The summed E-state index contributed by atoms with van der Waals surface area (Å²) in [6.07, 6.45) is 1.97. The average Bonchev–Trinajstić information content (AvgIpc) is 2.91. The van der Waals surface area contributed by atoms with Crippen LogP contribution in [0, 0.1) is 16.7 Å². The first-order valence-corrected chi connectivity index (χ1v) is 8.25. The molecule has 2 nitrogen and oxygen atoms in total. The third kappa shape index (κ3) is 2.19. The Labute approximate surface area is 132 Å². The lowest BCUT2D eigenvalue weighted by Crippen LogP contribution is -2.22. The standard InChI is InChI=1S/C18H24ClNO/c1-17(2)15(18(17,3)4)14(19)12-8-7-11-6-5-9-20-16(21)13(11)10-12/h7-8,10,14-15H,5-6,9H2,1-4H3,(H,20,21). The first kappa shape index (κ1) is 14.9. The maximum atomic E-state index is 12.2. The molecule has 1 atom stereocenters. The molecule has 1 fully saturated rings. The van der Waals surface area contributed by atoms with Crippen LogP contribution in [0.1, 0.15) is 61.0 Å². The fourth-order valence-corrected chi connectivity index (χ4v) is 4.71. The molecule has 0 spiro atoms. The van der Waals surface area contributed by atoms with E-state index < -0.39 is 0 Å². The summed E-state index contributed by atoms with van der Waals surface area (Å²) < 4.78 is 0. The van der Waals surface area contributed by atoms with Crippen molar-refractivity contribution in [2.45, 2.75) is 45.9 Å². The van der Waals surface area contributed by atoms with Gasteiger partial charge in [0.05, 0.1) is 5.38 Å². The van der Waals surface area contributed by atoms with Crippen molar-refractivity contribution >= 4 is 17.5 Å². The van der Waals surface area contributed by atoms with Crippen molar-refractivity contribution in [2.75, 3.05) is 6.54 Å². The van der Waals surface area contributed by atoms with Crippen LogP contribution in [0.2, 0.25) is 0 Å². The Morgan fingerprint density at radius 3 is 2.52 bits per heavy atom. The Balaban J connectivity index is 1.93. The number of hydrogen-bond donors (Lipinski definition) is 1. The molecule has 1 amide bonds. The van der Waals surface area contributed by atoms with Gasteiger partial charge in [0, 0.05) is 12.1 Å². The fraction of sp³-hybridized carbons (Fsp3) is 0.611. The number of amides is 1. The Morgan fingerprint density at radius 2 is 1.90 bits per heavy atom. The van der Waals surface area contributed by atoms with Crippen molar-refractivity contribution in [1.29, 1.82) is 0 Å². The van der Waals surface area contributed by atoms with Crippen LogP contribution in [0.4, 0.5) is 0 Å². The van der Waals surface area contributed by atoms with E-state index in [1.54, 1.807) is 0 Å². The van der Waals surface area contributed by atoms with E-state index in [9.17, 15) is 4.79 Å². The molecule has 0 aromatic heterocycles. The summed E-state index contributed by atoms with van der Waals surface area (Å²) in [6.45, 7) is 9.88. The number of alkyl halides is 1. The van der Waals surface area contributed by atoms with E-state index in [1.807, 2.05) is 6.07 Å². The molecule has 0 bridgehead atoms. The van der Waals surface area contributed by atoms with Gasteiger partial charge in [0.25, 0.3) is 5.91 Å². The molecule has 3 heteroatoms. The van der Waals surface area contributed by atoms with Crippen molar-refractivity contribution in [1.82, 2.24) is 5.32 Å². The lowest BCUT2D eigenvalue weighted by Gasteiger charge is -2.15. The Hall–Kier alpha value is -1.02. The van der Waals surface area contributed by atoms with Crippen LogP contribution in [-0.4, -0.2) is 12.5 Å². The van der Waals surface area contributed by atoms with Crippen LogP contribution < -0.4 is 5.32 Å². The zero-order valence-corrected chi connectivity index (χ0v) is 14.1. The van der Waals surface area contributed by atoms with Gasteiger partial charge < -0.3 is 5.32 Å². The summed E-state index contributed by atoms with van der Waals surface area (Å²) in [6, 6.07) is 6.21. The van der Waals surface area contributed by atoms with Gasteiger partial charge in [-0.25, -0.2) is 0 Å². The Kier molecular flexibility index (Phi) is 3.36. The predicted molar refractivity (Wildman–Crippen MR) is 86.7 cm³/mol. The maximum Gasteiger partial charge on any atom is 0.251 e. The predicted octanol–water partition coefficient (Wildman–Crippen LogP) is 4.32. The summed E-state index contributed by atoms with van der Waals surface area (Å²) in [5, 5.41) is 2.93. The molecule has 3 rings (SSSR count). The number of carbonyl (C=O) groups is 1. The molecule has 1 saturated carbocycles. The van der Waals surface area contributed by atoms with Gasteiger partial charge in [-0.3, -0.25) is 4.79 Å². The maximum absolute atomic E-state index is 12.2. The van der Waals surface area contributed by atoms with Crippen molar-refractivity contribution in [3.8, 4) is 0 Å². The van der Waals surface area contributed by atoms with Gasteiger partial charge in [0.15, 0.2) is 0 Å². The molecule has 0 saturated heterocycles. The Morgan fingerprint density at radius 1 is 1.24 bits per heavy atom. The number of halogens is 1. The van der Waals surface area contributed by atoms with Crippen LogP contribution in [-0.2, 0) is 6.42 Å². The van der Waals surface area contributed by atoms with Gasteiger partial charge in [0.1, 0.15) is 0 Å². The SMILES string of the molecule is CC1(C)C(C(Cl)c2ccc3c(c2)C(=O)NCCC3)C1(C)C. The first-order chi connectivity index (χ1) is 9.76. The number of benzene rings is 1. The number of carbonyl (C=O) groups excluding carboxylic acids is 1. The zero-order valence-electron chi connectivity index (χ0n) is 13.3. The highest BCUT2D eigenvalue weighted by Gasteiger charge is 2.67. The quantitative estimate of drug-likeness (QED) is 0.810. The van der Waals surface area contributed by atoms with Crippen LogP contribution in [0.25, 0.3) is 0 Å². The molecule has 1 aromatic rings. The van der Waals surface area contributed by atoms with Crippen LogP contribution in [0.3, 0.4) is 0 Å². The average molecular weight is 306 g/mol. The third-order valence-corrected chi connectivity index (χ3v) is 6.53. The molecule has 1 aromatic carbocycles. The van der Waals surface area contributed by atoms with Gasteiger partial charge >= 0.3 is 0 Å². The molecule has 1 aliphatic heterocycles. The highest BCUT2D eigenvalue weighted by Crippen LogP contribution is 2.73. The van der Waals surface area contributed by atoms with Crippen LogP contribution >= 0.6 is 11.6 Å². The molecule has 1 aliphatic carbocycles. The highest BCUT2D eigenvalue weighted by atomic mass is 35.5. The number of fused-ring (bicyclic) bond motifs is 1. The smallest absolute Gasteiger partial charge is 0.251 e. The van der Waals surface area contributed by atoms with Gasteiger partial charge in [-0.1, -0.05) is 39.8 Å². The molecule has 1 heterocycles. The molecule has 1 unspecified atom stereocenters.